The molecule has 35 heavy (non-hydrogen) atoms. The van der Waals surface area contributed by atoms with Crippen molar-refractivity contribution in [3.8, 4) is 5.75 Å². The van der Waals surface area contributed by atoms with Crippen molar-refractivity contribution in [3.05, 3.63) is 70.3 Å². The van der Waals surface area contributed by atoms with Crippen molar-refractivity contribution in [2.75, 3.05) is 18.6 Å². The number of anilines is 1. The lowest BCUT2D eigenvalue weighted by Crippen LogP contribution is -2.49. The Labute approximate surface area is 208 Å². The Morgan fingerprint density at radius 1 is 1.11 bits per heavy atom. The fourth-order valence-corrected chi connectivity index (χ4v) is 4.88. The summed E-state index contributed by atoms with van der Waals surface area (Å²) in [5.74, 6) is 0.496. The van der Waals surface area contributed by atoms with Gasteiger partial charge >= 0.3 is 0 Å². The van der Waals surface area contributed by atoms with E-state index in [1.807, 2.05) is 0 Å². The molecule has 1 atom stereocenters. The van der Waals surface area contributed by atoms with E-state index in [0.717, 1.165) is 25.7 Å². The van der Waals surface area contributed by atoms with Crippen molar-refractivity contribution < 1.29 is 23.5 Å². The molecule has 2 N–H and O–H groups in total. The van der Waals surface area contributed by atoms with Crippen LogP contribution < -0.4 is 20.3 Å². The van der Waals surface area contributed by atoms with Crippen LogP contribution >= 0.6 is 11.3 Å². The van der Waals surface area contributed by atoms with Crippen LogP contribution in [0.3, 0.4) is 0 Å². The summed E-state index contributed by atoms with van der Waals surface area (Å²) in [5.41, 5.74) is 0.488. The zero-order valence-electron chi connectivity index (χ0n) is 19.8. The number of aryl methyl sites for hydroxylation is 1. The first-order valence-corrected chi connectivity index (χ1v) is 12.5. The van der Waals surface area contributed by atoms with Gasteiger partial charge in [0, 0.05) is 11.7 Å². The Kier molecular flexibility index (Phi) is 7.87. The molecule has 1 aromatic carbocycles. The van der Waals surface area contributed by atoms with Crippen molar-refractivity contribution in [1.29, 1.82) is 0 Å². The van der Waals surface area contributed by atoms with E-state index < -0.39 is 11.9 Å². The lowest BCUT2D eigenvalue weighted by molar-refractivity contribution is -0.127. The summed E-state index contributed by atoms with van der Waals surface area (Å²) in [4.78, 5) is 41.6. The van der Waals surface area contributed by atoms with Crippen LogP contribution in [0.5, 0.6) is 5.75 Å². The summed E-state index contributed by atoms with van der Waals surface area (Å²) in [7, 11) is 1.56. The third-order valence-electron chi connectivity index (χ3n) is 6.00. The molecule has 1 saturated carbocycles. The maximum Gasteiger partial charge on any atom is 0.261 e. The number of carbonyl (C=O) groups is 3. The number of nitrogens with zero attached hydrogens (tertiary/aromatic N) is 1. The molecule has 9 heteroatoms. The lowest BCUT2D eigenvalue weighted by atomic mass is 10.1. The molecule has 1 aliphatic carbocycles. The van der Waals surface area contributed by atoms with Gasteiger partial charge in [0.25, 0.3) is 11.8 Å². The van der Waals surface area contributed by atoms with Crippen molar-refractivity contribution in [1.82, 2.24) is 10.6 Å². The lowest BCUT2D eigenvalue weighted by Gasteiger charge is -2.31. The van der Waals surface area contributed by atoms with Crippen LogP contribution in [0.25, 0.3) is 0 Å². The molecule has 1 aliphatic rings. The predicted molar refractivity (Wildman–Crippen MR) is 134 cm³/mol. The molecule has 0 spiro atoms. The average Bonchev–Trinajstić information content (AvgIpc) is 3.64. The van der Waals surface area contributed by atoms with Gasteiger partial charge < -0.3 is 19.8 Å². The van der Waals surface area contributed by atoms with Gasteiger partial charge in [0.2, 0.25) is 5.91 Å². The van der Waals surface area contributed by atoms with E-state index in [1.54, 1.807) is 67.9 Å². The maximum absolute atomic E-state index is 13.6. The van der Waals surface area contributed by atoms with Crippen LogP contribution in [-0.2, 0) is 9.59 Å². The van der Waals surface area contributed by atoms with E-state index >= 15 is 0 Å². The zero-order valence-corrected chi connectivity index (χ0v) is 20.6. The fourth-order valence-electron chi connectivity index (χ4n) is 4.24. The monoisotopic (exact) mass is 495 g/mol. The highest BCUT2D eigenvalue weighted by atomic mass is 32.1. The Morgan fingerprint density at radius 2 is 1.86 bits per heavy atom. The van der Waals surface area contributed by atoms with Crippen molar-refractivity contribution in [2.45, 2.75) is 44.7 Å². The molecule has 4 rings (SSSR count). The number of methoxy groups -OCH3 is 1. The largest absolute Gasteiger partial charge is 0.497 e. The van der Waals surface area contributed by atoms with Crippen LogP contribution in [0.15, 0.2) is 58.3 Å². The number of amides is 3. The smallest absolute Gasteiger partial charge is 0.261 e. The third kappa shape index (κ3) is 5.92. The van der Waals surface area contributed by atoms with Gasteiger partial charge in [-0.1, -0.05) is 18.9 Å². The summed E-state index contributed by atoms with van der Waals surface area (Å²) in [5, 5.41) is 7.57. The molecule has 2 heterocycles. The number of carbonyl (C=O) groups excluding carboxylic acids is 3. The molecule has 0 radical (unpaired) electrons. The minimum Gasteiger partial charge on any atom is -0.497 e. The molecule has 0 bridgehead atoms. The van der Waals surface area contributed by atoms with Crippen LogP contribution in [0.2, 0.25) is 0 Å². The Bertz CT molecular complexity index is 1150. The quantitative estimate of drug-likeness (QED) is 0.463. The highest BCUT2D eigenvalue weighted by molar-refractivity contribution is 7.12. The number of ether oxygens (including phenoxy) is 1. The number of rotatable bonds is 9. The summed E-state index contributed by atoms with van der Waals surface area (Å²) >= 11 is 1.29. The molecule has 184 valence electrons. The fraction of sp³-hybridized carbons (Fsp3) is 0.346. The summed E-state index contributed by atoms with van der Waals surface area (Å²) < 4.78 is 11.1. The predicted octanol–water partition coefficient (Wildman–Crippen LogP) is 4.22. The van der Waals surface area contributed by atoms with Crippen molar-refractivity contribution in [2.24, 2.45) is 0 Å². The number of furan rings is 1. The third-order valence-corrected chi connectivity index (χ3v) is 6.87. The highest BCUT2D eigenvalue weighted by Crippen LogP contribution is 2.31. The van der Waals surface area contributed by atoms with Crippen LogP contribution in [0.4, 0.5) is 5.69 Å². The molecule has 3 aromatic rings. The van der Waals surface area contributed by atoms with E-state index in [2.05, 4.69) is 10.6 Å². The van der Waals surface area contributed by atoms with Crippen LogP contribution in [0.1, 0.15) is 52.9 Å². The molecule has 2 aromatic heterocycles. The minimum absolute atomic E-state index is 0.0624. The highest BCUT2D eigenvalue weighted by Gasteiger charge is 2.36. The normalized spacial score (nSPS) is 14.3. The van der Waals surface area contributed by atoms with E-state index in [1.165, 1.54) is 16.2 Å². The van der Waals surface area contributed by atoms with Gasteiger partial charge in [-0.05, 0) is 67.6 Å². The second-order valence-electron chi connectivity index (χ2n) is 8.46. The van der Waals surface area contributed by atoms with E-state index in [4.69, 9.17) is 9.15 Å². The van der Waals surface area contributed by atoms with Crippen molar-refractivity contribution >= 4 is 34.7 Å². The van der Waals surface area contributed by atoms with E-state index in [0.29, 0.717) is 27.8 Å². The number of nitrogens with one attached hydrogen (secondary N) is 2. The Hall–Kier alpha value is -3.59. The van der Waals surface area contributed by atoms with Gasteiger partial charge in [0.1, 0.15) is 17.3 Å². The molecular weight excluding hydrogens is 466 g/mol. The molecule has 0 saturated heterocycles. The standard InChI is InChI=1S/C26H29N3O5S/c1-17-9-14-21(34-17)24(26(32)28-18-6-3-4-7-18)29(19-10-12-20(33-2)13-11-19)23(30)16-27-25(31)22-8-5-15-35-22/h5,8-15,18,24H,3-4,6-7,16H2,1-2H3,(H,27,31)(H,28,32)/t24-/m1/s1. The minimum atomic E-state index is -1.04. The average molecular weight is 496 g/mol. The summed E-state index contributed by atoms with van der Waals surface area (Å²) in [6, 6.07) is 12.8. The molecule has 8 nitrogen and oxygen atoms in total. The van der Waals surface area contributed by atoms with Crippen LogP contribution in [-0.4, -0.2) is 37.4 Å². The Balaban J connectivity index is 1.66. The Morgan fingerprint density at radius 3 is 2.46 bits per heavy atom. The van der Waals surface area contributed by atoms with Gasteiger partial charge in [-0.2, -0.15) is 0 Å². The summed E-state index contributed by atoms with van der Waals surface area (Å²) in [6.07, 6.45) is 3.93. The van der Waals surface area contributed by atoms with Gasteiger partial charge in [0.15, 0.2) is 6.04 Å². The van der Waals surface area contributed by atoms with Gasteiger partial charge in [-0.25, -0.2) is 0 Å². The second-order valence-corrected chi connectivity index (χ2v) is 9.41. The van der Waals surface area contributed by atoms with E-state index in [-0.39, 0.29) is 24.4 Å². The number of hydrogen-bond acceptors (Lipinski definition) is 6. The first kappa shape index (κ1) is 24.5. The summed E-state index contributed by atoms with van der Waals surface area (Å²) in [6.45, 7) is 1.51. The zero-order chi connectivity index (χ0) is 24.8. The molecule has 1 fully saturated rings. The topological polar surface area (TPSA) is 101 Å². The first-order chi connectivity index (χ1) is 17.0. The SMILES string of the molecule is COc1ccc(N(C(=O)CNC(=O)c2cccs2)[C@@H](C(=O)NC2CCCC2)c2ccc(C)o2)cc1. The van der Waals surface area contributed by atoms with Gasteiger partial charge in [0.05, 0.1) is 18.5 Å². The maximum atomic E-state index is 13.6. The number of thiophene rings is 1. The first-order valence-electron chi connectivity index (χ1n) is 11.6. The molecule has 3 amide bonds. The van der Waals surface area contributed by atoms with Gasteiger partial charge in [-0.15, -0.1) is 11.3 Å². The molecule has 0 aliphatic heterocycles. The van der Waals surface area contributed by atoms with Gasteiger partial charge in [-0.3, -0.25) is 19.3 Å². The number of hydrogen-bond donors (Lipinski definition) is 2. The van der Waals surface area contributed by atoms with Crippen molar-refractivity contribution in [3.63, 3.8) is 0 Å². The second kappa shape index (κ2) is 11.2. The van der Waals surface area contributed by atoms with Crippen LogP contribution in [0, 0.1) is 6.92 Å². The van der Waals surface area contributed by atoms with E-state index in [9.17, 15) is 14.4 Å². The number of benzene rings is 1. The molecular formula is C26H29N3O5S. The molecule has 0 unspecified atom stereocenters.